The summed E-state index contributed by atoms with van der Waals surface area (Å²) < 4.78 is 18.3. The van der Waals surface area contributed by atoms with Crippen molar-refractivity contribution in [1.29, 1.82) is 5.26 Å². The maximum absolute atomic E-state index is 13.1. The van der Waals surface area contributed by atoms with Crippen LogP contribution in [0.2, 0.25) is 0 Å². The van der Waals surface area contributed by atoms with Gasteiger partial charge in [0.05, 0.1) is 0 Å². The van der Waals surface area contributed by atoms with Crippen LogP contribution >= 0.6 is 0 Å². The average Bonchev–Trinajstić information content (AvgIpc) is 2.66. The molecule has 0 bridgehead atoms. The summed E-state index contributed by atoms with van der Waals surface area (Å²) >= 11 is 0. The van der Waals surface area contributed by atoms with Crippen molar-refractivity contribution in [1.82, 2.24) is 4.98 Å². The molecule has 27 heavy (non-hydrogen) atoms. The van der Waals surface area contributed by atoms with Crippen LogP contribution in [0.15, 0.2) is 59.4 Å². The summed E-state index contributed by atoms with van der Waals surface area (Å²) in [6.45, 7) is -0.509. The number of nitrogens with one attached hydrogen (secondary N) is 1. The van der Waals surface area contributed by atoms with E-state index in [2.05, 4.69) is 4.98 Å². The number of benzene rings is 2. The normalized spacial score (nSPS) is 10.2. The van der Waals surface area contributed by atoms with Gasteiger partial charge in [-0.05, 0) is 53.6 Å². The lowest BCUT2D eigenvalue weighted by atomic mass is 9.99. The Balaban J connectivity index is 2.10. The lowest BCUT2D eigenvalue weighted by Gasteiger charge is -2.10. The van der Waals surface area contributed by atoms with Crippen molar-refractivity contribution in [2.75, 3.05) is 6.61 Å². The third-order valence-corrected chi connectivity index (χ3v) is 3.81. The molecule has 0 unspecified atom stereocenters. The molecule has 0 aliphatic rings. The van der Waals surface area contributed by atoms with Crippen LogP contribution in [0.3, 0.4) is 0 Å². The number of carboxylic acids is 1. The van der Waals surface area contributed by atoms with Gasteiger partial charge >= 0.3 is 5.97 Å². The molecule has 2 N–H and O–H groups in total. The summed E-state index contributed by atoms with van der Waals surface area (Å²) in [7, 11) is 0. The highest BCUT2D eigenvalue weighted by molar-refractivity contribution is 5.76. The van der Waals surface area contributed by atoms with E-state index >= 15 is 0 Å². The van der Waals surface area contributed by atoms with Gasteiger partial charge in [0.15, 0.2) is 6.61 Å². The van der Waals surface area contributed by atoms with E-state index in [0.29, 0.717) is 28.1 Å². The number of aromatic nitrogens is 1. The van der Waals surface area contributed by atoms with Crippen LogP contribution in [0.1, 0.15) is 5.56 Å². The minimum absolute atomic E-state index is 0.0868. The molecule has 0 saturated carbocycles. The Bertz CT molecular complexity index is 1100. The van der Waals surface area contributed by atoms with Gasteiger partial charge in [0.25, 0.3) is 5.56 Å². The van der Waals surface area contributed by atoms with Crippen molar-refractivity contribution >= 4 is 5.97 Å². The smallest absolute Gasteiger partial charge is 0.341 e. The van der Waals surface area contributed by atoms with E-state index in [-0.39, 0.29) is 5.56 Å². The Morgan fingerprint density at radius 1 is 1.15 bits per heavy atom. The highest BCUT2D eigenvalue weighted by Crippen LogP contribution is 2.28. The molecule has 0 fully saturated rings. The highest BCUT2D eigenvalue weighted by Gasteiger charge is 2.13. The van der Waals surface area contributed by atoms with E-state index in [1.54, 1.807) is 30.3 Å². The number of rotatable bonds is 5. The zero-order chi connectivity index (χ0) is 19.4. The zero-order valence-electron chi connectivity index (χ0n) is 13.9. The molecular formula is C20H13FN2O4. The number of ether oxygens (including phenoxy) is 1. The molecule has 0 amide bonds. The minimum atomic E-state index is -1.12. The van der Waals surface area contributed by atoms with Gasteiger partial charge in [-0.25, -0.2) is 9.18 Å². The molecular weight excluding hydrogens is 351 g/mol. The molecule has 1 heterocycles. The van der Waals surface area contributed by atoms with Gasteiger partial charge in [0, 0.05) is 11.3 Å². The van der Waals surface area contributed by atoms with E-state index in [9.17, 15) is 19.2 Å². The summed E-state index contributed by atoms with van der Waals surface area (Å²) in [6.07, 6.45) is 0. The lowest BCUT2D eigenvalue weighted by Crippen LogP contribution is -2.13. The second-order valence-corrected chi connectivity index (χ2v) is 5.63. The number of aromatic amines is 1. The second kappa shape index (κ2) is 7.54. The van der Waals surface area contributed by atoms with Gasteiger partial charge in [-0.3, -0.25) is 4.79 Å². The predicted molar refractivity (Wildman–Crippen MR) is 95.7 cm³/mol. The number of hydrogen-bond donors (Lipinski definition) is 2. The largest absolute Gasteiger partial charge is 0.482 e. The summed E-state index contributed by atoms with van der Waals surface area (Å²) in [4.78, 5) is 25.6. The van der Waals surface area contributed by atoms with E-state index in [1.807, 2.05) is 6.07 Å². The number of carboxylic acid groups (broad SMARTS) is 1. The fourth-order valence-electron chi connectivity index (χ4n) is 2.58. The maximum atomic E-state index is 13.1. The molecule has 0 spiro atoms. The quantitative estimate of drug-likeness (QED) is 0.724. The molecule has 3 aromatic rings. The van der Waals surface area contributed by atoms with Crippen molar-refractivity contribution in [2.24, 2.45) is 0 Å². The minimum Gasteiger partial charge on any atom is -0.482 e. The fourth-order valence-corrected chi connectivity index (χ4v) is 2.58. The number of hydrogen-bond acceptors (Lipinski definition) is 4. The third-order valence-electron chi connectivity index (χ3n) is 3.81. The summed E-state index contributed by atoms with van der Waals surface area (Å²) in [5.41, 5.74) is 1.22. The van der Waals surface area contributed by atoms with Crippen LogP contribution in [-0.2, 0) is 4.79 Å². The summed E-state index contributed by atoms with van der Waals surface area (Å²) in [5, 5.41) is 18.1. The molecule has 0 atom stereocenters. The molecule has 0 radical (unpaired) electrons. The van der Waals surface area contributed by atoms with Crippen LogP contribution in [0.4, 0.5) is 4.39 Å². The fraction of sp³-hybridized carbons (Fsp3) is 0.0500. The Hall–Kier alpha value is -3.92. The first-order chi connectivity index (χ1) is 13.0. The summed E-state index contributed by atoms with van der Waals surface area (Å²) in [5.74, 6) is -1.23. The average molecular weight is 364 g/mol. The van der Waals surface area contributed by atoms with Crippen molar-refractivity contribution in [3.8, 4) is 34.2 Å². The van der Waals surface area contributed by atoms with E-state index in [0.717, 1.165) is 0 Å². The number of pyridine rings is 1. The molecule has 134 valence electrons. The first-order valence-corrected chi connectivity index (χ1v) is 7.86. The van der Waals surface area contributed by atoms with Crippen molar-refractivity contribution in [3.05, 3.63) is 76.3 Å². The third kappa shape index (κ3) is 4.02. The van der Waals surface area contributed by atoms with Crippen molar-refractivity contribution in [2.45, 2.75) is 0 Å². The topological polar surface area (TPSA) is 103 Å². The molecule has 3 rings (SSSR count). The number of nitrogens with zero attached hydrogens (tertiary/aromatic N) is 1. The first-order valence-electron chi connectivity index (χ1n) is 7.86. The lowest BCUT2D eigenvalue weighted by molar-refractivity contribution is -0.139. The molecule has 1 aromatic heterocycles. The molecule has 0 saturated heterocycles. The van der Waals surface area contributed by atoms with Gasteiger partial charge in [0.2, 0.25) is 0 Å². The zero-order valence-corrected chi connectivity index (χ0v) is 13.9. The number of nitriles is 1. The number of aliphatic carboxylic acids is 1. The van der Waals surface area contributed by atoms with Gasteiger partial charge in [-0.1, -0.05) is 12.1 Å². The van der Waals surface area contributed by atoms with Crippen LogP contribution in [0.5, 0.6) is 5.75 Å². The monoisotopic (exact) mass is 364 g/mol. The van der Waals surface area contributed by atoms with Crippen molar-refractivity contribution < 1.29 is 19.0 Å². The maximum Gasteiger partial charge on any atom is 0.341 e. The molecule has 6 nitrogen and oxygen atoms in total. The first kappa shape index (κ1) is 17.9. The Morgan fingerprint density at radius 3 is 2.56 bits per heavy atom. The Kier molecular flexibility index (Phi) is 4.99. The predicted octanol–water partition coefficient (Wildman–Crippen LogP) is 3.18. The number of H-pyrrole nitrogens is 1. The van der Waals surface area contributed by atoms with Crippen LogP contribution in [0, 0.1) is 17.1 Å². The number of halogens is 1. The van der Waals surface area contributed by atoms with Gasteiger partial charge in [-0.15, -0.1) is 0 Å². The molecule has 0 aliphatic carbocycles. The Labute approximate surface area is 153 Å². The standard InChI is InChI=1S/C20H13FN2O4/c21-14-6-4-12(5-7-14)18-9-16(17(10-22)20(26)23-18)13-2-1-3-15(8-13)27-11-19(24)25/h1-9H,11H2,(H,23,26)(H,24,25). The van der Waals surface area contributed by atoms with E-state index in [4.69, 9.17) is 9.84 Å². The van der Waals surface area contributed by atoms with Gasteiger partial charge in [-0.2, -0.15) is 5.26 Å². The van der Waals surface area contributed by atoms with Crippen LogP contribution in [0.25, 0.3) is 22.4 Å². The molecule has 0 aliphatic heterocycles. The van der Waals surface area contributed by atoms with E-state index < -0.39 is 24.0 Å². The second-order valence-electron chi connectivity index (χ2n) is 5.63. The highest BCUT2D eigenvalue weighted by atomic mass is 19.1. The molecule has 2 aromatic carbocycles. The Morgan fingerprint density at radius 2 is 1.89 bits per heavy atom. The van der Waals surface area contributed by atoms with E-state index in [1.165, 1.54) is 24.3 Å². The van der Waals surface area contributed by atoms with Gasteiger partial charge < -0.3 is 14.8 Å². The molecule has 7 heteroatoms. The summed E-state index contributed by atoms with van der Waals surface area (Å²) in [6, 6.07) is 15.5. The van der Waals surface area contributed by atoms with Crippen molar-refractivity contribution in [3.63, 3.8) is 0 Å². The van der Waals surface area contributed by atoms with Crippen LogP contribution in [-0.4, -0.2) is 22.7 Å². The number of carbonyl (C=O) groups is 1. The van der Waals surface area contributed by atoms with Gasteiger partial charge in [0.1, 0.15) is 23.2 Å². The SMILES string of the molecule is N#Cc1c(-c2cccc(OCC(=O)O)c2)cc(-c2ccc(F)cc2)[nH]c1=O. The van der Waals surface area contributed by atoms with Crippen LogP contribution < -0.4 is 10.3 Å².